The molecule has 0 aliphatic rings. The predicted octanol–water partition coefficient (Wildman–Crippen LogP) is -0.0360. The van der Waals surface area contributed by atoms with Gasteiger partial charge in [0.2, 0.25) is 0 Å². The fourth-order valence-corrected chi connectivity index (χ4v) is 0. The molecule has 0 N–H and O–H groups in total. The van der Waals surface area contributed by atoms with Gasteiger partial charge in [-0.3, -0.25) is 0 Å². The van der Waals surface area contributed by atoms with Crippen molar-refractivity contribution >= 4 is 16.5 Å². The van der Waals surface area contributed by atoms with Gasteiger partial charge in [-0.15, -0.1) is 9.24 Å². The first-order valence-corrected chi connectivity index (χ1v) is 3.24. The van der Waals surface area contributed by atoms with Crippen LogP contribution in [0, 0.1) is 0 Å². The SMILES string of the molecule is CC(C)(C)P.F[B-](F)(F)F.[Na+]. The topological polar surface area (TPSA) is 0 Å². The third-order valence-corrected chi connectivity index (χ3v) is 0. The second kappa shape index (κ2) is 6.70. The molecule has 0 aromatic heterocycles. The Bertz CT molecular complexity index is 65.1. The fraction of sp³-hybridized carbons (Fsp3) is 1.00. The smallest absolute Gasteiger partial charge is 0.418 e. The first-order valence-electron chi connectivity index (χ1n) is 2.66. The van der Waals surface area contributed by atoms with Crippen molar-refractivity contribution in [2.75, 3.05) is 0 Å². The minimum Gasteiger partial charge on any atom is -0.418 e. The Balaban J connectivity index is -0.000000107. The number of hydrogen-bond donors (Lipinski definition) is 0. The van der Waals surface area contributed by atoms with Gasteiger partial charge in [-0.05, 0) is 5.16 Å². The van der Waals surface area contributed by atoms with Gasteiger partial charge in [-0.2, -0.15) is 0 Å². The summed E-state index contributed by atoms with van der Waals surface area (Å²) in [5.74, 6) is 0. The Morgan fingerprint density at radius 1 is 1.00 bits per heavy atom. The van der Waals surface area contributed by atoms with Crippen LogP contribution in [0.1, 0.15) is 20.8 Å². The van der Waals surface area contributed by atoms with E-state index in [0.717, 1.165) is 0 Å². The van der Waals surface area contributed by atoms with E-state index in [9.17, 15) is 17.3 Å². The normalized spacial score (nSPS) is 10.9. The van der Waals surface area contributed by atoms with Crippen molar-refractivity contribution in [1.29, 1.82) is 0 Å². The van der Waals surface area contributed by atoms with Crippen molar-refractivity contribution in [3.05, 3.63) is 0 Å². The summed E-state index contributed by atoms with van der Waals surface area (Å²) < 4.78 is 39.0. The van der Waals surface area contributed by atoms with E-state index in [4.69, 9.17) is 0 Å². The molecule has 0 amide bonds. The minimum absolute atomic E-state index is 0. The van der Waals surface area contributed by atoms with Crippen molar-refractivity contribution in [2.24, 2.45) is 0 Å². The molecular formula is C4H11BF4NaP. The van der Waals surface area contributed by atoms with E-state index < -0.39 is 7.25 Å². The van der Waals surface area contributed by atoms with Gasteiger partial charge in [-0.25, -0.2) is 0 Å². The van der Waals surface area contributed by atoms with Crippen molar-refractivity contribution in [2.45, 2.75) is 25.9 Å². The van der Waals surface area contributed by atoms with Crippen LogP contribution in [0.15, 0.2) is 0 Å². The molecule has 7 heteroatoms. The summed E-state index contributed by atoms with van der Waals surface area (Å²) in [6.45, 7) is 6.45. The zero-order valence-electron chi connectivity index (χ0n) is 7.17. The second-order valence-corrected chi connectivity index (χ2v) is 4.59. The van der Waals surface area contributed by atoms with Crippen LogP contribution in [0.25, 0.3) is 0 Å². The molecule has 0 aliphatic carbocycles. The maximum atomic E-state index is 9.75. The van der Waals surface area contributed by atoms with Gasteiger partial charge in [0, 0.05) is 0 Å². The number of hydrogen-bond acceptors (Lipinski definition) is 0. The minimum atomic E-state index is -6.00. The van der Waals surface area contributed by atoms with Crippen LogP contribution in [0.2, 0.25) is 0 Å². The van der Waals surface area contributed by atoms with Crippen LogP contribution >= 0.6 is 9.24 Å². The molecule has 0 saturated carbocycles. The summed E-state index contributed by atoms with van der Waals surface area (Å²) in [7, 11) is -3.28. The Kier molecular flexibility index (Phi) is 11.0. The molecule has 0 saturated heterocycles. The third-order valence-electron chi connectivity index (χ3n) is 0. The number of halogens is 4. The van der Waals surface area contributed by atoms with Gasteiger partial charge < -0.3 is 17.3 Å². The molecule has 0 radical (unpaired) electrons. The van der Waals surface area contributed by atoms with E-state index >= 15 is 0 Å². The van der Waals surface area contributed by atoms with E-state index in [1.54, 1.807) is 0 Å². The van der Waals surface area contributed by atoms with Crippen molar-refractivity contribution in [3.63, 3.8) is 0 Å². The predicted molar refractivity (Wildman–Crippen MR) is 39.6 cm³/mol. The van der Waals surface area contributed by atoms with Gasteiger partial charge in [-0.1, -0.05) is 20.8 Å². The second-order valence-electron chi connectivity index (χ2n) is 2.86. The average Bonchev–Trinajstić information content (AvgIpc) is 1.12. The van der Waals surface area contributed by atoms with E-state index in [-0.39, 0.29) is 29.6 Å². The zero-order valence-corrected chi connectivity index (χ0v) is 10.3. The van der Waals surface area contributed by atoms with Crippen LogP contribution in [-0.2, 0) is 0 Å². The molecule has 0 fully saturated rings. The Hall–Kier alpha value is 1.21. The Morgan fingerprint density at radius 2 is 1.00 bits per heavy atom. The molecule has 11 heavy (non-hydrogen) atoms. The molecule has 1 unspecified atom stereocenters. The molecule has 0 bridgehead atoms. The van der Waals surface area contributed by atoms with Gasteiger partial charge in [0.1, 0.15) is 0 Å². The van der Waals surface area contributed by atoms with Crippen LogP contribution in [-0.4, -0.2) is 12.4 Å². The molecule has 0 nitrogen and oxygen atoms in total. The van der Waals surface area contributed by atoms with Crippen molar-refractivity contribution in [3.8, 4) is 0 Å². The molecule has 0 spiro atoms. The molecule has 0 aliphatic heterocycles. The largest absolute Gasteiger partial charge is 1.00 e. The van der Waals surface area contributed by atoms with Crippen LogP contribution in [0.4, 0.5) is 17.3 Å². The van der Waals surface area contributed by atoms with Gasteiger partial charge in [0.05, 0.1) is 0 Å². The quantitative estimate of drug-likeness (QED) is 0.292. The van der Waals surface area contributed by atoms with Gasteiger partial charge in [0.25, 0.3) is 0 Å². The molecular weight excluding hydrogens is 189 g/mol. The van der Waals surface area contributed by atoms with E-state index in [1.807, 2.05) is 0 Å². The summed E-state index contributed by atoms with van der Waals surface area (Å²) in [5, 5.41) is 0.417. The summed E-state index contributed by atoms with van der Waals surface area (Å²) in [5.41, 5.74) is 0. The average molecular weight is 200 g/mol. The third kappa shape index (κ3) is 645. The van der Waals surface area contributed by atoms with Crippen molar-refractivity contribution < 1.29 is 46.8 Å². The molecule has 64 valence electrons. The molecule has 0 heterocycles. The molecule has 0 rings (SSSR count). The Morgan fingerprint density at radius 3 is 1.00 bits per heavy atom. The van der Waals surface area contributed by atoms with E-state index in [0.29, 0.717) is 5.16 Å². The summed E-state index contributed by atoms with van der Waals surface area (Å²) >= 11 is 0. The van der Waals surface area contributed by atoms with Crippen molar-refractivity contribution in [1.82, 2.24) is 0 Å². The molecule has 1 atom stereocenters. The Labute approximate surface area is 89.1 Å². The first kappa shape index (κ1) is 18.1. The summed E-state index contributed by atoms with van der Waals surface area (Å²) in [6.07, 6.45) is 0. The van der Waals surface area contributed by atoms with E-state index in [1.165, 1.54) is 0 Å². The van der Waals surface area contributed by atoms with E-state index in [2.05, 4.69) is 30.0 Å². The fourth-order valence-electron chi connectivity index (χ4n) is 0. The number of rotatable bonds is 0. The van der Waals surface area contributed by atoms with Gasteiger partial charge in [0.15, 0.2) is 0 Å². The monoisotopic (exact) mass is 200 g/mol. The summed E-state index contributed by atoms with van der Waals surface area (Å²) in [4.78, 5) is 0. The van der Waals surface area contributed by atoms with Crippen LogP contribution in [0.5, 0.6) is 0 Å². The van der Waals surface area contributed by atoms with Gasteiger partial charge >= 0.3 is 36.8 Å². The van der Waals surface area contributed by atoms with Crippen LogP contribution in [0.3, 0.4) is 0 Å². The molecule has 0 aromatic carbocycles. The first-order chi connectivity index (χ1) is 4.00. The molecule has 0 aromatic rings. The zero-order chi connectivity index (χ0) is 9.00. The standard InChI is InChI=1S/C4H11P.BF4.Na/c1-4(2,3)5;2-1(3,4)5;/h5H2,1-3H3;;/q;-1;+1. The van der Waals surface area contributed by atoms with Crippen LogP contribution < -0.4 is 29.6 Å². The summed E-state index contributed by atoms with van der Waals surface area (Å²) in [6, 6.07) is 0. The maximum Gasteiger partial charge on any atom is 1.00 e. The maximum absolute atomic E-state index is 9.75.